The quantitative estimate of drug-likeness (QED) is 0.801. The van der Waals surface area contributed by atoms with Gasteiger partial charge in [0.25, 0.3) is 0 Å². The Morgan fingerprint density at radius 1 is 1.60 bits per heavy atom. The molecule has 15 heavy (non-hydrogen) atoms. The molecule has 2 rings (SSSR count). The lowest BCUT2D eigenvalue weighted by Crippen LogP contribution is -2.32. The fraction of sp³-hybridized carbons (Fsp3) is 0.909. The van der Waals surface area contributed by atoms with Crippen molar-refractivity contribution in [2.45, 2.75) is 38.8 Å². The van der Waals surface area contributed by atoms with Crippen LogP contribution in [-0.2, 0) is 4.74 Å². The van der Waals surface area contributed by atoms with E-state index in [1.54, 1.807) is 0 Å². The van der Waals surface area contributed by atoms with E-state index in [1.165, 1.54) is 6.42 Å². The Bertz CT molecular complexity index is 237. The van der Waals surface area contributed by atoms with E-state index in [0.29, 0.717) is 12.1 Å². The highest BCUT2D eigenvalue weighted by Gasteiger charge is 2.23. The molecule has 0 amide bonds. The molecule has 0 aromatic rings. The summed E-state index contributed by atoms with van der Waals surface area (Å²) in [5.41, 5.74) is 0. The van der Waals surface area contributed by atoms with Crippen molar-refractivity contribution in [3.05, 3.63) is 0 Å². The van der Waals surface area contributed by atoms with Crippen molar-refractivity contribution in [1.82, 2.24) is 5.32 Å². The van der Waals surface area contributed by atoms with Gasteiger partial charge in [0.05, 0.1) is 18.7 Å². The summed E-state index contributed by atoms with van der Waals surface area (Å²) in [7, 11) is 0. The van der Waals surface area contributed by atoms with Gasteiger partial charge in [0.15, 0.2) is 5.17 Å². The van der Waals surface area contributed by atoms with E-state index in [2.05, 4.69) is 19.2 Å². The van der Waals surface area contributed by atoms with Gasteiger partial charge in [-0.25, -0.2) is 0 Å². The molecule has 0 bridgehead atoms. The van der Waals surface area contributed by atoms with Gasteiger partial charge in [-0.15, -0.1) is 0 Å². The van der Waals surface area contributed by atoms with Crippen molar-refractivity contribution in [1.29, 1.82) is 0 Å². The first kappa shape index (κ1) is 11.3. The summed E-state index contributed by atoms with van der Waals surface area (Å²) in [6.45, 7) is 6.26. The number of hydrogen-bond acceptors (Lipinski definition) is 4. The van der Waals surface area contributed by atoms with Crippen molar-refractivity contribution in [3.8, 4) is 0 Å². The molecule has 0 saturated carbocycles. The van der Waals surface area contributed by atoms with Gasteiger partial charge in [0, 0.05) is 12.4 Å². The lowest BCUT2D eigenvalue weighted by molar-refractivity contribution is 0.192. The molecule has 2 aliphatic rings. The monoisotopic (exact) mass is 228 g/mol. The van der Waals surface area contributed by atoms with E-state index in [9.17, 15) is 0 Å². The van der Waals surface area contributed by atoms with Crippen LogP contribution in [-0.4, -0.2) is 36.2 Å². The van der Waals surface area contributed by atoms with Crippen LogP contribution in [0.5, 0.6) is 0 Å². The number of rotatable bonds is 3. The van der Waals surface area contributed by atoms with Gasteiger partial charge in [-0.3, -0.25) is 4.99 Å². The number of ether oxygens (including phenoxy) is 1. The fourth-order valence-corrected chi connectivity index (χ4v) is 3.02. The molecule has 0 radical (unpaired) electrons. The van der Waals surface area contributed by atoms with Gasteiger partial charge in [0.1, 0.15) is 0 Å². The summed E-state index contributed by atoms with van der Waals surface area (Å²) in [5.74, 6) is 1.89. The molecule has 1 fully saturated rings. The lowest BCUT2D eigenvalue weighted by Gasteiger charge is -2.10. The summed E-state index contributed by atoms with van der Waals surface area (Å²) in [6.07, 6.45) is 2.33. The molecule has 0 aliphatic carbocycles. The Hall–Kier alpha value is -0.220. The normalized spacial score (nSPS) is 31.0. The number of aliphatic imine (C=N–C) groups is 1. The molecule has 1 saturated heterocycles. The average molecular weight is 228 g/mol. The number of nitrogens with one attached hydrogen (secondary N) is 1. The fourth-order valence-electron chi connectivity index (χ4n) is 1.98. The summed E-state index contributed by atoms with van der Waals surface area (Å²) in [5, 5.41) is 4.60. The van der Waals surface area contributed by atoms with Crippen molar-refractivity contribution in [2.75, 3.05) is 19.0 Å². The maximum absolute atomic E-state index is 5.33. The third-order valence-electron chi connectivity index (χ3n) is 2.71. The lowest BCUT2D eigenvalue weighted by atomic mass is 10.1. The largest absolute Gasteiger partial charge is 0.379 e. The molecule has 2 aliphatic heterocycles. The molecular formula is C11H20N2OS. The second-order valence-corrected chi connectivity index (χ2v) is 5.74. The summed E-state index contributed by atoms with van der Waals surface area (Å²) in [4.78, 5) is 4.70. The Balaban J connectivity index is 1.78. The van der Waals surface area contributed by atoms with Crippen LogP contribution in [0.1, 0.15) is 26.7 Å². The Kier molecular flexibility index (Phi) is 3.92. The zero-order valence-corrected chi connectivity index (χ0v) is 10.3. The highest BCUT2D eigenvalue weighted by molar-refractivity contribution is 8.14. The number of thioether (sulfide) groups is 1. The third kappa shape index (κ3) is 3.38. The molecule has 2 unspecified atom stereocenters. The van der Waals surface area contributed by atoms with E-state index in [-0.39, 0.29) is 0 Å². The standard InChI is InChI=1S/C11H20N2OS/c1-8(2)5-10-7-15-11(13-10)12-9-3-4-14-6-9/h8-10H,3-7H2,1-2H3,(H,12,13). The van der Waals surface area contributed by atoms with Gasteiger partial charge in [0.2, 0.25) is 0 Å². The maximum atomic E-state index is 5.33. The van der Waals surface area contributed by atoms with Gasteiger partial charge in [-0.1, -0.05) is 25.6 Å². The van der Waals surface area contributed by atoms with Gasteiger partial charge >= 0.3 is 0 Å². The zero-order valence-electron chi connectivity index (χ0n) is 9.53. The van der Waals surface area contributed by atoms with Crippen molar-refractivity contribution in [2.24, 2.45) is 10.9 Å². The van der Waals surface area contributed by atoms with Crippen molar-refractivity contribution >= 4 is 16.9 Å². The first-order valence-corrected chi connectivity index (χ1v) is 6.77. The molecule has 0 aromatic carbocycles. The summed E-state index contributed by atoms with van der Waals surface area (Å²) < 4.78 is 5.33. The van der Waals surface area contributed by atoms with Crippen molar-refractivity contribution < 1.29 is 4.74 Å². The molecule has 2 atom stereocenters. The molecule has 0 aromatic heterocycles. The molecule has 86 valence electrons. The molecule has 0 spiro atoms. The first-order chi connectivity index (χ1) is 7.24. The Labute approximate surface area is 96.1 Å². The Morgan fingerprint density at radius 2 is 2.47 bits per heavy atom. The van der Waals surface area contributed by atoms with Crippen LogP contribution < -0.4 is 5.32 Å². The summed E-state index contributed by atoms with van der Waals surface area (Å²) in [6, 6.07) is 1.02. The van der Waals surface area contributed by atoms with E-state index >= 15 is 0 Å². The topological polar surface area (TPSA) is 33.6 Å². The zero-order chi connectivity index (χ0) is 10.7. The minimum Gasteiger partial charge on any atom is -0.379 e. The SMILES string of the molecule is CC(C)CC1CSC(NC2CCOC2)=N1. The molecule has 4 heteroatoms. The molecule has 1 N–H and O–H groups in total. The van der Waals surface area contributed by atoms with Gasteiger partial charge in [-0.2, -0.15) is 0 Å². The smallest absolute Gasteiger partial charge is 0.157 e. The van der Waals surface area contributed by atoms with Crippen LogP contribution in [0.4, 0.5) is 0 Å². The van der Waals surface area contributed by atoms with Crippen molar-refractivity contribution in [3.63, 3.8) is 0 Å². The van der Waals surface area contributed by atoms with Gasteiger partial charge in [-0.05, 0) is 18.8 Å². The molecule has 2 heterocycles. The van der Waals surface area contributed by atoms with E-state index in [4.69, 9.17) is 9.73 Å². The second-order valence-electron chi connectivity index (χ2n) is 4.73. The van der Waals surface area contributed by atoms with Gasteiger partial charge < -0.3 is 10.1 Å². The van der Waals surface area contributed by atoms with Crippen LogP contribution in [0.2, 0.25) is 0 Å². The van der Waals surface area contributed by atoms with Crippen LogP contribution in [0.25, 0.3) is 0 Å². The minimum atomic E-state index is 0.494. The highest BCUT2D eigenvalue weighted by atomic mass is 32.2. The second kappa shape index (κ2) is 5.21. The first-order valence-electron chi connectivity index (χ1n) is 5.79. The molecular weight excluding hydrogens is 208 g/mol. The average Bonchev–Trinajstić information content (AvgIpc) is 2.77. The van der Waals surface area contributed by atoms with Crippen LogP contribution >= 0.6 is 11.8 Å². The maximum Gasteiger partial charge on any atom is 0.157 e. The number of hydrogen-bond donors (Lipinski definition) is 1. The third-order valence-corrected chi connectivity index (χ3v) is 3.76. The molecule has 3 nitrogen and oxygen atoms in total. The van der Waals surface area contributed by atoms with Crippen LogP contribution in [0, 0.1) is 5.92 Å². The van der Waals surface area contributed by atoms with E-state index in [0.717, 1.165) is 36.5 Å². The Morgan fingerprint density at radius 3 is 3.13 bits per heavy atom. The van der Waals surface area contributed by atoms with E-state index < -0.39 is 0 Å². The number of amidine groups is 1. The highest BCUT2D eigenvalue weighted by Crippen LogP contribution is 2.22. The predicted molar refractivity (Wildman–Crippen MR) is 65.5 cm³/mol. The van der Waals surface area contributed by atoms with Crippen LogP contribution in [0.15, 0.2) is 4.99 Å². The predicted octanol–water partition coefficient (Wildman–Crippen LogP) is 1.88. The van der Waals surface area contributed by atoms with E-state index in [1.807, 2.05) is 11.8 Å². The minimum absolute atomic E-state index is 0.494. The number of nitrogens with zero attached hydrogens (tertiary/aromatic N) is 1. The van der Waals surface area contributed by atoms with Crippen LogP contribution in [0.3, 0.4) is 0 Å². The summed E-state index contributed by atoms with van der Waals surface area (Å²) >= 11 is 1.86.